The summed E-state index contributed by atoms with van der Waals surface area (Å²) < 4.78 is 5.94. The van der Waals surface area contributed by atoms with Crippen molar-refractivity contribution in [3.8, 4) is 0 Å². The van der Waals surface area contributed by atoms with Crippen LogP contribution in [0.4, 0.5) is 0 Å². The van der Waals surface area contributed by atoms with E-state index < -0.39 is 18.1 Å². The van der Waals surface area contributed by atoms with E-state index >= 15 is 0 Å². The van der Waals surface area contributed by atoms with Crippen molar-refractivity contribution in [3.05, 3.63) is 83.1 Å². The number of amides is 1. The van der Waals surface area contributed by atoms with Crippen molar-refractivity contribution in [2.75, 3.05) is 6.26 Å². The van der Waals surface area contributed by atoms with Crippen molar-refractivity contribution >= 4 is 23.6 Å². The van der Waals surface area contributed by atoms with Crippen molar-refractivity contribution in [1.29, 1.82) is 0 Å². The maximum absolute atomic E-state index is 13.2. The number of hydrogen-bond donors (Lipinski definition) is 1. The van der Waals surface area contributed by atoms with Gasteiger partial charge in [0.25, 0.3) is 0 Å². The first-order valence-electron chi connectivity index (χ1n) is 9.05. The lowest BCUT2D eigenvalue weighted by molar-refractivity contribution is -0.152. The van der Waals surface area contributed by atoms with E-state index in [1.165, 1.54) is 16.7 Å². The molecule has 5 nitrogen and oxygen atoms in total. The summed E-state index contributed by atoms with van der Waals surface area (Å²) in [6, 6.07) is 18.5. The van der Waals surface area contributed by atoms with Gasteiger partial charge >= 0.3 is 5.97 Å². The third-order valence-electron chi connectivity index (χ3n) is 4.66. The molecule has 0 aromatic heterocycles. The van der Waals surface area contributed by atoms with Gasteiger partial charge in [-0.1, -0.05) is 60.7 Å². The van der Waals surface area contributed by atoms with Gasteiger partial charge in [-0.05, 0) is 36.8 Å². The van der Waals surface area contributed by atoms with E-state index in [0.717, 1.165) is 11.1 Å². The number of allylic oxidation sites excluding steroid dienone is 1. The molecule has 3 rings (SSSR count). The molecule has 1 saturated heterocycles. The topological polar surface area (TPSA) is 72.6 Å². The Balaban J connectivity index is 1.93. The second-order valence-electron chi connectivity index (χ2n) is 6.82. The van der Waals surface area contributed by atoms with Crippen LogP contribution < -0.4 is 5.73 Å². The van der Waals surface area contributed by atoms with Gasteiger partial charge < -0.3 is 10.5 Å². The highest BCUT2D eigenvalue weighted by Gasteiger charge is 2.48. The molecule has 28 heavy (non-hydrogen) atoms. The van der Waals surface area contributed by atoms with Gasteiger partial charge in [-0.25, -0.2) is 4.79 Å². The maximum atomic E-state index is 13.2. The van der Waals surface area contributed by atoms with Gasteiger partial charge in [-0.3, -0.25) is 9.69 Å². The molecule has 146 valence electrons. The minimum absolute atomic E-state index is 0.261. The predicted molar refractivity (Wildman–Crippen MR) is 111 cm³/mol. The lowest BCUT2D eigenvalue weighted by Crippen LogP contribution is -2.67. The standard InChI is InChI=1S/C22H24N2O3S/c1-14(2)18(24-20(25)17(23)21(24)28-3)22(26)27-19(15-10-6-4-7-11-15)16-12-8-5-9-13-16/h4-13,17,19,21H,23H2,1-3H3. The lowest BCUT2D eigenvalue weighted by atomic mass is 10.0. The van der Waals surface area contributed by atoms with E-state index in [9.17, 15) is 9.59 Å². The Bertz CT molecular complexity index is 840. The summed E-state index contributed by atoms with van der Waals surface area (Å²) in [5.74, 6) is -0.791. The minimum Gasteiger partial charge on any atom is -0.448 e. The van der Waals surface area contributed by atoms with E-state index in [2.05, 4.69) is 0 Å². The van der Waals surface area contributed by atoms with Crippen LogP contribution in [0.3, 0.4) is 0 Å². The molecule has 0 aliphatic carbocycles. The van der Waals surface area contributed by atoms with Crippen LogP contribution in [0.15, 0.2) is 71.9 Å². The second-order valence-corrected chi connectivity index (χ2v) is 7.77. The van der Waals surface area contributed by atoms with Gasteiger partial charge in [0.05, 0.1) is 0 Å². The van der Waals surface area contributed by atoms with Gasteiger partial charge in [-0.2, -0.15) is 0 Å². The third kappa shape index (κ3) is 3.84. The number of β-lactam (4-membered cyclic amide) rings is 1. The Kier molecular flexibility index (Phi) is 6.21. The van der Waals surface area contributed by atoms with E-state index in [1.54, 1.807) is 13.8 Å². The zero-order valence-corrected chi connectivity index (χ0v) is 17.0. The van der Waals surface area contributed by atoms with Gasteiger partial charge in [0.1, 0.15) is 17.1 Å². The molecule has 0 saturated carbocycles. The predicted octanol–water partition coefficient (Wildman–Crippen LogP) is 3.47. The number of carbonyl (C=O) groups is 2. The molecule has 0 radical (unpaired) electrons. The van der Waals surface area contributed by atoms with Crippen molar-refractivity contribution in [2.24, 2.45) is 5.73 Å². The minimum atomic E-state index is -0.601. The molecule has 1 aliphatic heterocycles. The Morgan fingerprint density at radius 1 is 1.04 bits per heavy atom. The van der Waals surface area contributed by atoms with Crippen LogP contribution in [0, 0.1) is 0 Å². The smallest absolute Gasteiger partial charge is 0.355 e. The molecule has 0 spiro atoms. The first kappa shape index (κ1) is 20.2. The number of nitrogens with zero attached hydrogens (tertiary/aromatic N) is 1. The first-order chi connectivity index (χ1) is 13.5. The lowest BCUT2D eigenvalue weighted by Gasteiger charge is -2.45. The molecule has 1 heterocycles. The van der Waals surface area contributed by atoms with Crippen LogP contribution in [-0.2, 0) is 14.3 Å². The highest BCUT2D eigenvalue weighted by Crippen LogP contribution is 2.34. The maximum Gasteiger partial charge on any atom is 0.355 e. The number of carbonyl (C=O) groups excluding carboxylic acids is 2. The highest BCUT2D eigenvalue weighted by molar-refractivity contribution is 7.99. The average molecular weight is 397 g/mol. The van der Waals surface area contributed by atoms with Crippen LogP contribution in [0.25, 0.3) is 0 Å². The SMILES string of the molecule is CSC1C(N)C(=O)N1C(C(=O)OC(c1ccccc1)c1ccccc1)=C(C)C. The zero-order chi connectivity index (χ0) is 20.3. The molecule has 1 amide bonds. The average Bonchev–Trinajstić information content (AvgIpc) is 2.72. The molecular weight excluding hydrogens is 372 g/mol. The quantitative estimate of drug-likeness (QED) is 0.460. The van der Waals surface area contributed by atoms with Crippen LogP contribution in [0.5, 0.6) is 0 Å². The monoisotopic (exact) mass is 396 g/mol. The molecule has 2 N–H and O–H groups in total. The van der Waals surface area contributed by atoms with E-state index in [1.807, 2.05) is 66.9 Å². The number of esters is 1. The number of benzene rings is 2. The van der Waals surface area contributed by atoms with E-state index in [4.69, 9.17) is 10.5 Å². The van der Waals surface area contributed by atoms with Gasteiger partial charge in [0, 0.05) is 0 Å². The molecule has 2 atom stereocenters. The van der Waals surface area contributed by atoms with Crippen LogP contribution >= 0.6 is 11.8 Å². The summed E-state index contributed by atoms with van der Waals surface area (Å²) in [7, 11) is 0. The van der Waals surface area contributed by atoms with Crippen LogP contribution in [-0.4, -0.2) is 34.4 Å². The second kappa shape index (κ2) is 8.63. The summed E-state index contributed by atoms with van der Waals surface area (Å²) in [6.45, 7) is 3.59. The van der Waals surface area contributed by atoms with Crippen molar-refractivity contribution in [3.63, 3.8) is 0 Å². The summed E-state index contributed by atoms with van der Waals surface area (Å²) in [5, 5.41) is -0.267. The number of rotatable bonds is 6. The van der Waals surface area contributed by atoms with Crippen LogP contribution in [0.2, 0.25) is 0 Å². The van der Waals surface area contributed by atoms with Gasteiger partial charge in [0.15, 0.2) is 6.10 Å². The third-order valence-corrected chi connectivity index (χ3v) is 5.65. The van der Waals surface area contributed by atoms with Crippen molar-refractivity contribution in [1.82, 2.24) is 4.90 Å². The summed E-state index contributed by atoms with van der Waals surface area (Å²) in [4.78, 5) is 27.0. The van der Waals surface area contributed by atoms with Crippen molar-refractivity contribution in [2.45, 2.75) is 31.4 Å². The molecule has 1 aliphatic rings. The Labute approximate surface area is 169 Å². The molecule has 2 aromatic rings. The molecule has 6 heteroatoms. The Hall–Kier alpha value is -2.57. The number of hydrogen-bond acceptors (Lipinski definition) is 5. The largest absolute Gasteiger partial charge is 0.448 e. The van der Waals surface area contributed by atoms with E-state index in [0.29, 0.717) is 5.57 Å². The molecular formula is C22H24N2O3S. The number of ether oxygens (including phenoxy) is 1. The van der Waals surface area contributed by atoms with Crippen LogP contribution in [0.1, 0.15) is 31.1 Å². The molecule has 1 fully saturated rings. The number of thioether (sulfide) groups is 1. The van der Waals surface area contributed by atoms with Gasteiger partial charge in [0.2, 0.25) is 5.91 Å². The van der Waals surface area contributed by atoms with Crippen molar-refractivity contribution < 1.29 is 14.3 Å². The number of likely N-dealkylation sites (tertiary alicyclic amines) is 1. The first-order valence-corrected chi connectivity index (χ1v) is 10.3. The van der Waals surface area contributed by atoms with Gasteiger partial charge in [-0.15, -0.1) is 11.8 Å². The summed E-state index contributed by atoms with van der Waals surface area (Å²) in [5.41, 5.74) is 8.61. The fourth-order valence-corrected chi connectivity index (χ4v) is 4.10. The number of nitrogens with two attached hydrogens (primary N) is 1. The van der Waals surface area contributed by atoms with E-state index in [-0.39, 0.29) is 17.0 Å². The normalized spacial score (nSPS) is 18.6. The summed E-state index contributed by atoms with van der Waals surface area (Å²) in [6.07, 6.45) is 1.30. The Morgan fingerprint density at radius 2 is 1.54 bits per heavy atom. The fourth-order valence-electron chi connectivity index (χ4n) is 3.27. The zero-order valence-electron chi connectivity index (χ0n) is 16.2. The highest BCUT2D eigenvalue weighted by atomic mass is 32.2. The molecule has 2 unspecified atom stereocenters. The Morgan fingerprint density at radius 3 is 1.96 bits per heavy atom. The molecule has 2 aromatic carbocycles. The molecule has 0 bridgehead atoms. The summed E-state index contributed by atoms with van der Waals surface area (Å²) >= 11 is 1.44. The fraction of sp³-hybridized carbons (Fsp3) is 0.273.